The third-order valence-electron chi connectivity index (χ3n) is 5.31. The van der Waals surface area contributed by atoms with E-state index in [0.29, 0.717) is 28.8 Å². The maximum Gasteiger partial charge on any atom is 0.338 e. The van der Waals surface area contributed by atoms with E-state index >= 15 is 0 Å². The zero-order valence-corrected chi connectivity index (χ0v) is 19.3. The molecule has 2 aliphatic heterocycles. The molecule has 33 heavy (non-hydrogen) atoms. The first-order valence-electron chi connectivity index (χ1n) is 10.5. The van der Waals surface area contributed by atoms with Gasteiger partial charge < -0.3 is 14.4 Å². The zero-order valence-electron chi connectivity index (χ0n) is 18.5. The number of thioether (sulfide) groups is 1. The number of nitro groups is 1. The van der Waals surface area contributed by atoms with Crippen LogP contribution >= 0.6 is 11.8 Å². The Morgan fingerprint density at radius 2 is 1.88 bits per heavy atom. The second-order valence-corrected chi connectivity index (χ2v) is 8.12. The molecule has 1 atom stereocenters. The first kappa shape index (κ1) is 22.6. The van der Waals surface area contributed by atoms with Gasteiger partial charge in [0.05, 0.1) is 41.1 Å². The van der Waals surface area contributed by atoms with E-state index in [1.807, 2.05) is 41.5 Å². The van der Waals surface area contributed by atoms with Crippen LogP contribution in [0.4, 0.5) is 5.69 Å². The summed E-state index contributed by atoms with van der Waals surface area (Å²) in [5.74, 6) is 0.231. The molecule has 8 nitrogen and oxygen atoms in total. The summed E-state index contributed by atoms with van der Waals surface area (Å²) in [6.45, 7) is 6.19. The van der Waals surface area contributed by atoms with Crippen molar-refractivity contribution in [1.82, 2.24) is 4.90 Å². The minimum Gasteiger partial charge on any atom is -0.494 e. The molecule has 0 saturated heterocycles. The third kappa shape index (κ3) is 4.23. The number of aliphatic imine (C=N–C) groups is 1. The molecule has 2 aromatic carbocycles. The maximum atomic E-state index is 13.1. The number of benzene rings is 2. The molecule has 0 saturated carbocycles. The first-order valence-corrected chi connectivity index (χ1v) is 11.4. The van der Waals surface area contributed by atoms with Crippen LogP contribution in [0, 0.1) is 10.1 Å². The van der Waals surface area contributed by atoms with Crippen LogP contribution < -0.4 is 4.74 Å². The van der Waals surface area contributed by atoms with Gasteiger partial charge in [-0.3, -0.25) is 10.1 Å². The summed E-state index contributed by atoms with van der Waals surface area (Å²) in [6, 6.07) is 13.4. The second-order valence-electron chi connectivity index (χ2n) is 7.28. The van der Waals surface area contributed by atoms with E-state index in [0.717, 1.165) is 16.8 Å². The fourth-order valence-corrected chi connectivity index (χ4v) is 4.88. The average Bonchev–Trinajstić information content (AvgIpc) is 3.22. The number of non-ortho nitro benzene ring substituents is 1. The fourth-order valence-electron chi connectivity index (χ4n) is 3.90. The number of nitrogens with zero attached hydrogens (tertiary/aromatic N) is 3. The maximum absolute atomic E-state index is 13.1. The van der Waals surface area contributed by atoms with Crippen molar-refractivity contribution in [3.8, 4) is 5.75 Å². The summed E-state index contributed by atoms with van der Waals surface area (Å²) >= 11 is 1.44. The minimum absolute atomic E-state index is 0.0127. The Bertz CT molecular complexity index is 1190. The number of esters is 1. The number of amidine groups is 1. The number of para-hydroxylation sites is 1. The summed E-state index contributed by atoms with van der Waals surface area (Å²) in [5, 5.41) is 13.8. The molecular weight excluding hydrogens is 442 g/mol. The molecule has 0 unspecified atom stereocenters. The first-order chi connectivity index (χ1) is 16.0. The number of hydrogen-bond acceptors (Lipinski definition) is 8. The molecule has 2 aliphatic rings. The lowest BCUT2D eigenvalue weighted by molar-refractivity contribution is -0.384. The molecule has 0 radical (unpaired) electrons. The van der Waals surface area contributed by atoms with Crippen molar-refractivity contribution in [2.45, 2.75) is 26.8 Å². The number of rotatable bonds is 7. The van der Waals surface area contributed by atoms with Gasteiger partial charge in [0.1, 0.15) is 5.75 Å². The lowest BCUT2D eigenvalue weighted by atomic mass is 9.92. The largest absolute Gasteiger partial charge is 0.494 e. The van der Waals surface area contributed by atoms with Crippen LogP contribution in [0.25, 0.3) is 5.70 Å². The highest BCUT2D eigenvalue weighted by Gasteiger charge is 2.42. The molecule has 0 fully saturated rings. The second kappa shape index (κ2) is 9.50. The lowest BCUT2D eigenvalue weighted by Gasteiger charge is -2.37. The van der Waals surface area contributed by atoms with Crippen molar-refractivity contribution in [1.29, 1.82) is 0 Å². The van der Waals surface area contributed by atoms with Gasteiger partial charge in [0.2, 0.25) is 0 Å². The zero-order chi connectivity index (χ0) is 23.5. The molecule has 0 amide bonds. The van der Waals surface area contributed by atoms with Crippen LogP contribution in [-0.4, -0.2) is 34.2 Å². The molecule has 0 bridgehead atoms. The molecule has 4 rings (SSSR count). The van der Waals surface area contributed by atoms with Crippen LogP contribution in [0.1, 0.15) is 37.9 Å². The fraction of sp³-hybridized carbons (Fsp3) is 0.250. The van der Waals surface area contributed by atoms with Gasteiger partial charge in [-0.15, -0.1) is 0 Å². The van der Waals surface area contributed by atoms with E-state index in [4.69, 9.17) is 9.47 Å². The topological polar surface area (TPSA) is 94.3 Å². The van der Waals surface area contributed by atoms with Gasteiger partial charge in [-0.25, -0.2) is 9.79 Å². The molecule has 0 N–H and O–H groups in total. The van der Waals surface area contributed by atoms with Gasteiger partial charge in [0.15, 0.2) is 5.17 Å². The van der Waals surface area contributed by atoms with Gasteiger partial charge >= 0.3 is 5.97 Å². The minimum atomic E-state index is -0.532. The SMILES string of the molecule is CCOC(=O)C1=C(C)N=C2SC=C(c3ccc([N+](=O)[O-])cc3)N2[C@@H]1c1ccccc1OCC. The predicted molar refractivity (Wildman–Crippen MR) is 128 cm³/mol. The highest BCUT2D eigenvalue weighted by molar-refractivity contribution is 8.16. The Morgan fingerprint density at radius 1 is 1.15 bits per heavy atom. The lowest BCUT2D eigenvalue weighted by Crippen LogP contribution is -2.36. The molecular formula is C24H23N3O5S. The van der Waals surface area contributed by atoms with Gasteiger partial charge in [-0.2, -0.15) is 0 Å². The summed E-state index contributed by atoms with van der Waals surface area (Å²) < 4.78 is 11.3. The molecule has 2 aromatic rings. The highest BCUT2D eigenvalue weighted by Crippen LogP contribution is 2.48. The average molecular weight is 466 g/mol. The summed E-state index contributed by atoms with van der Waals surface area (Å²) in [7, 11) is 0. The van der Waals surface area contributed by atoms with E-state index in [2.05, 4.69) is 4.99 Å². The molecule has 170 valence electrons. The Labute approximate surface area is 195 Å². The number of carbonyl (C=O) groups excluding carboxylic acids is 1. The van der Waals surface area contributed by atoms with Crippen molar-refractivity contribution in [3.63, 3.8) is 0 Å². The monoisotopic (exact) mass is 465 g/mol. The van der Waals surface area contributed by atoms with Gasteiger partial charge in [-0.05, 0) is 44.5 Å². The van der Waals surface area contributed by atoms with Crippen molar-refractivity contribution in [2.75, 3.05) is 13.2 Å². The molecule has 0 spiro atoms. The van der Waals surface area contributed by atoms with Crippen molar-refractivity contribution in [2.24, 2.45) is 4.99 Å². The van der Waals surface area contributed by atoms with Gasteiger partial charge in [0.25, 0.3) is 5.69 Å². The van der Waals surface area contributed by atoms with Crippen molar-refractivity contribution >= 4 is 34.3 Å². The predicted octanol–water partition coefficient (Wildman–Crippen LogP) is 5.29. The Kier molecular flexibility index (Phi) is 6.50. The van der Waals surface area contributed by atoms with Crippen LogP contribution in [0.5, 0.6) is 5.75 Å². The normalized spacial score (nSPS) is 17.3. The van der Waals surface area contributed by atoms with E-state index < -0.39 is 16.9 Å². The van der Waals surface area contributed by atoms with Crippen molar-refractivity contribution in [3.05, 3.63) is 86.5 Å². The number of fused-ring (bicyclic) bond motifs is 1. The molecule has 0 aliphatic carbocycles. The Morgan fingerprint density at radius 3 is 2.55 bits per heavy atom. The summed E-state index contributed by atoms with van der Waals surface area (Å²) in [4.78, 5) is 30.4. The van der Waals surface area contributed by atoms with E-state index in [1.165, 1.54) is 23.9 Å². The van der Waals surface area contributed by atoms with Crippen LogP contribution in [0.15, 0.2) is 70.2 Å². The van der Waals surface area contributed by atoms with Gasteiger partial charge in [-0.1, -0.05) is 30.0 Å². The van der Waals surface area contributed by atoms with E-state index in [1.54, 1.807) is 26.0 Å². The number of hydrogen-bond donors (Lipinski definition) is 0. The Balaban J connectivity index is 1.86. The third-order valence-corrected chi connectivity index (χ3v) is 6.15. The molecule has 2 heterocycles. The smallest absolute Gasteiger partial charge is 0.338 e. The Hall–Kier alpha value is -3.59. The number of nitro benzene ring substituents is 1. The number of allylic oxidation sites excluding steroid dienone is 1. The molecule has 9 heteroatoms. The standard InChI is InChI=1S/C24H23N3O5S/c1-4-31-20-9-7-6-8-18(20)22-21(23(28)32-5-2)15(3)25-24-26(22)19(14-33-24)16-10-12-17(13-11-16)27(29)30/h6-14,22H,4-5H2,1-3H3/t22-/m1/s1. The quantitative estimate of drug-likeness (QED) is 0.312. The summed E-state index contributed by atoms with van der Waals surface area (Å²) in [5.41, 5.74) is 3.41. The van der Waals surface area contributed by atoms with Crippen LogP contribution in [-0.2, 0) is 9.53 Å². The van der Waals surface area contributed by atoms with Crippen LogP contribution in [0.2, 0.25) is 0 Å². The van der Waals surface area contributed by atoms with E-state index in [-0.39, 0.29) is 12.3 Å². The molecule has 0 aromatic heterocycles. The van der Waals surface area contributed by atoms with Crippen LogP contribution in [0.3, 0.4) is 0 Å². The number of carbonyl (C=O) groups is 1. The summed E-state index contributed by atoms with van der Waals surface area (Å²) in [6.07, 6.45) is 0. The highest BCUT2D eigenvalue weighted by atomic mass is 32.2. The number of ether oxygens (including phenoxy) is 2. The van der Waals surface area contributed by atoms with Crippen molar-refractivity contribution < 1.29 is 19.2 Å². The van der Waals surface area contributed by atoms with Gasteiger partial charge in [0, 0.05) is 23.1 Å². The van der Waals surface area contributed by atoms with E-state index in [9.17, 15) is 14.9 Å².